The van der Waals surface area contributed by atoms with E-state index in [1.54, 1.807) is 0 Å². The normalized spacial score (nSPS) is 11.6. The molecule has 88 valence electrons. The first kappa shape index (κ1) is 12.0. The van der Waals surface area contributed by atoms with Crippen LogP contribution in [0.15, 0.2) is 12.5 Å². The lowest BCUT2D eigenvalue weighted by Gasteiger charge is -2.13. The van der Waals surface area contributed by atoms with Crippen molar-refractivity contribution in [2.75, 3.05) is 7.11 Å². The Kier molecular flexibility index (Phi) is 4.28. The van der Waals surface area contributed by atoms with Crippen LogP contribution in [0.4, 0.5) is 4.79 Å². The molecule has 1 aromatic heterocycles. The Bertz CT molecular complexity index is 351. The van der Waals surface area contributed by atoms with Crippen LogP contribution in [-0.4, -0.2) is 35.2 Å². The van der Waals surface area contributed by atoms with Crippen LogP contribution in [0.1, 0.15) is 5.69 Å². The van der Waals surface area contributed by atoms with Crippen molar-refractivity contribution >= 4 is 12.1 Å². The number of imidazole rings is 1. The summed E-state index contributed by atoms with van der Waals surface area (Å²) in [7, 11) is 1.19. The summed E-state index contributed by atoms with van der Waals surface area (Å²) in [6.45, 7) is 0. The maximum atomic E-state index is 11.2. The Morgan fingerprint density at radius 3 is 2.94 bits per heavy atom. The topological polar surface area (TPSA) is 119 Å². The molecule has 0 fully saturated rings. The monoisotopic (exact) mass is 228 g/mol. The minimum absolute atomic E-state index is 0.186. The Morgan fingerprint density at radius 2 is 2.44 bits per heavy atom. The maximum Gasteiger partial charge on any atom is 0.407 e. The van der Waals surface area contributed by atoms with Gasteiger partial charge in [0.25, 0.3) is 0 Å². The van der Waals surface area contributed by atoms with Gasteiger partial charge in [0.15, 0.2) is 0 Å². The van der Waals surface area contributed by atoms with Gasteiger partial charge in [0.05, 0.1) is 13.4 Å². The third-order valence-corrected chi connectivity index (χ3v) is 1.86. The van der Waals surface area contributed by atoms with Crippen molar-refractivity contribution in [2.45, 2.75) is 12.5 Å². The van der Waals surface area contributed by atoms with Crippen LogP contribution in [0.25, 0.3) is 0 Å². The number of nitrogens with two attached hydrogens (primary N) is 1. The molecule has 1 aromatic rings. The van der Waals surface area contributed by atoms with Gasteiger partial charge in [-0.1, -0.05) is 0 Å². The Morgan fingerprint density at radius 1 is 1.69 bits per heavy atom. The first-order valence-electron chi connectivity index (χ1n) is 4.39. The second-order valence-corrected chi connectivity index (χ2v) is 2.91. The van der Waals surface area contributed by atoms with Gasteiger partial charge in [-0.3, -0.25) is 0 Å². The maximum absolute atomic E-state index is 11.2. The molecule has 0 saturated carbocycles. The highest BCUT2D eigenvalue weighted by Crippen LogP contribution is 2.00. The SMILES string of the molecule is COC(=O)N[C@@H](Cc1cnc[nH]1)C(=O)ON. The number of amides is 1. The fourth-order valence-electron chi connectivity index (χ4n) is 1.09. The summed E-state index contributed by atoms with van der Waals surface area (Å²) in [6.07, 6.45) is 2.43. The van der Waals surface area contributed by atoms with Crippen molar-refractivity contribution < 1.29 is 19.2 Å². The molecule has 0 aliphatic carbocycles. The molecule has 0 aliphatic rings. The average molecular weight is 228 g/mol. The number of nitrogens with one attached hydrogen (secondary N) is 2. The molecule has 4 N–H and O–H groups in total. The van der Waals surface area contributed by atoms with Crippen LogP contribution in [-0.2, 0) is 20.8 Å². The molecule has 8 nitrogen and oxygen atoms in total. The zero-order valence-electron chi connectivity index (χ0n) is 8.60. The number of rotatable bonds is 4. The first-order chi connectivity index (χ1) is 7.67. The fraction of sp³-hybridized carbons (Fsp3) is 0.375. The number of methoxy groups -OCH3 is 1. The van der Waals surface area contributed by atoms with Crippen molar-refractivity contribution in [3.63, 3.8) is 0 Å². The number of aromatic amines is 1. The van der Waals surface area contributed by atoms with Crippen LogP contribution in [0.5, 0.6) is 0 Å². The van der Waals surface area contributed by atoms with E-state index in [0.29, 0.717) is 5.69 Å². The van der Waals surface area contributed by atoms with Gasteiger partial charge < -0.3 is 19.9 Å². The largest absolute Gasteiger partial charge is 0.453 e. The number of hydrogen-bond acceptors (Lipinski definition) is 6. The predicted octanol–water partition coefficient (Wildman–Crippen LogP) is -0.906. The number of hydrogen-bond donors (Lipinski definition) is 3. The van der Waals surface area contributed by atoms with Crippen LogP contribution < -0.4 is 11.2 Å². The second kappa shape index (κ2) is 5.71. The van der Waals surface area contributed by atoms with Gasteiger partial charge in [-0.15, -0.1) is 0 Å². The summed E-state index contributed by atoms with van der Waals surface area (Å²) in [5.74, 6) is 3.99. The van der Waals surface area contributed by atoms with E-state index in [1.165, 1.54) is 19.6 Å². The van der Waals surface area contributed by atoms with Gasteiger partial charge in [-0.2, -0.15) is 5.90 Å². The molecule has 1 amide bonds. The molecule has 0 aliphatic heterocycles. The van der Waals surface area contributed by atoms with Crippen molar-refractivity contribution in [3.05, 3.63) is 18.2 Å². The summed E-state index contributed by atoms with van der Waals surface area (Å²) in [6, 6.07) is -0.919. The molecule has 0 saturated heterocycles. The zero-order valence-corrected chi connectivity index (χ0v) is 8.60. The van der Waals surface area contributed by atoms with E-state index in [0.717, 1.165) is 0 Å². The Hall–Kier alpha value is -2.09. The number of aromatic nitrogens is 2. The summed E-state index contributed by atoms with van der Waals surface area (Å²) < 4.78 is 4.37. The van der Waals surface area contributed by atoms with Gasteiger partial charge in [-0.25, -0.2) is 14.6 Å². The minimum atomic E-state index is -0.919. The van der Waals surface area contributed by atoms with Gasteiger partial charge in [0.1, 0.15) is 6.04 Å². The van der Waals surface area contributed by atoms with Gasteiger partial charge in [0, 0.05) is 18.3 Å². The molecule has 1 heterocycles. The van der Waals surface area contributed by atoms with E-state index in [2.05, 4.69) is 24.9 Å². The van der Waals surface area contributed by atoms with Gasteiger partial charge in [0.2, 0.25) is 0 Å². The summed E-state index contributed by atoms with van der Waals surface area (Å²) in [5, 5.41) is 2.29. The van der Waals surface area contributed by atoms with Crippen LogP contribution in [0, 0.1) is 0 Å². The molecular formula is C8H12N4O4. The van der Waals surface area contributed by atoms with Crippen molar-refractivity contribution in [1.82, 2.24) is 15.3 Å². The third kappa shape index (κ3) is 3.24. The lowest BCUT2D eigenvalue weighted by Crippen LogP contribution is -2.44. The highest BCUT2D eigenvalue weighted by atomic mass is 16.7. The van der Waals surface area contributed by atoms with E-state index in [-0.39, 0.29) is 6.42 Å². The lowest BCUT2D eigenvalue weighted by atomic mass is 10.2. The number of carbonyl (C=O) groups excluding carboxylic acids is 2. The van der Waals surface area contributed by atoms with E-state index >= 15 is 0 Å². The van der Waals surface area contributed by atoms with E-state index < -0.39 is 18.1 Å². The summed E-state index contributed by atoms with van der Waals surface area (Å²) >= 11 is 0. The summed E-state index contributed by atoms with van der Waals surface area (Å²) in [5.41, 5.74) is 0.659. The van der Waals surface area contributed by atoms with Gasteiger partial charge >= 0.3 is 12.1 Å². The quantitative estimate of drug-likeness (QED) is 0.574. The standard InChI is InChI=1S/C8H12N4O4/c1-15-8(14)12-6(7(13)16-9)2-5-3-10-4-11-5/h3-4,6H,2,9H2,1H3,(H,10,11)(H,12,14)/t6-/m0/s1. The van der Waals surface area contributed by atoms with Crippen LogP contribution >= 0.6 is 0 Å². The van der Waals surface area contributed by atoms with Crippen molar-refractivity contribution in [1.29, 1.82) is 0 Å². The molecule has 8 heteroatoms. The van der Waals surface area contributed by atoms with Crippen LogP contribution in [0.3, 0.4) is 0 Å². The number of nitrogens with zero attached hydrogens (tertiary/aromatic N) is 1. The zero-order chi connectivity index (χ0) is 12.0. The molecular weight excluding hydrogens is 216 g/mol. The third-order valence-electron chi connectivity index (χ3n) is 1.86. The van der Waals surface area contributed by atoms with Crippen molar-refractivity contribution in [3.8, 4) is 0 Å². The number of H-pyrrole nitrogens is 1. The van der Waals surface area contributed by atoms with E-state index in [9.17, 15) is 9.59 Å². The molecule has 0 unspecified atom stereocenters. The molecule has 1 atom stereocenters. The molecule has 0 aromatic carbocycles. The first-order valence-corrected chi connectivity index (χ1v) is 4.39. The minimum Gasteiger partial charge on any atom is -0.453 e. The molecule has 0 bridgehead atoms. The Balaban J connectivity index is 2.64. The van der Waals surface area contributed by atoms with Crippen molar-refractivity contribution in [2.24, 2.45) is 5.90 Å². The van der Waals surface area contributed by atoms with Crippen LogP contribution in [0.2, 0.25) is 0 Å². The number of alkyl carbamates (subject to hydrolysis) is 1. The molecule has 0 spiro atoms. The fourth-order valence-corrected chi connectivity index (χ4v) is 1.09. The summed E-state index contributed by atoms with van der Waals surface area (Å²) in [4.78, 5) is 32.8. The highest BCUT2D eigenvalue weighted by Gasteiger charge is 2.23. The lowest BCUT2D eigenvalue weighted by molar-refractivity contribution is -0.146. The Labute approximate surface area is 91.1 Å². The van der Waals surface area contributed by atoms with Gasteiger partial charge in [-0.05, 0) is 0 Å². The predicted molar refractivity (Wildman–Crippen MR) is 51.9 cm³/mol. The average Bonchev–Trinajstić information content (AvgIpc) is 2.79. The number of ether oxygens (including phenoxy) is 1. The van der Waals surface area contributed by atoms with E-state index in [1.807, 2.05) is 0 Å². The molecule has 0 radical (unpaired) electrons. The smallest absolute Gasteiger partial charge is 0.407 e. The highest BCUT2D eigenvalue weighted by molar-refractivity contribution is 5.81. The second-order valence-electron chi connectivity index (χ2n) is 2.91. The van der Waals surface area contributed by atoms with E-state index in [4.69, 9.17) is 5.90 Å². The number of carbonyl (C=O) groups is 2. The molecule has 16 heavy (non-hydrogen) atoms. The molecule has 1 rings (SSSR count).